The Morgan fingerprint density at radius 1 is 1.30 bits per heavy atom. The summed E-state index contributed by atoms with van der Waals surface area (Å²) in [6.45, 7) is 1.68. The van der Waals surface area contributed by atoms with Crippen LogP contribution in [0.3, 0.4) is 0 Å². The molecule has 2 aromatic heterocycles. The van der Waals surface area contributed by atoms with Crippen molar-refractivity contribution in [3.8, 4) is 5.88 Å². The molecule has 3 aliphatic rings. The minimum absolute atomic E-state index is 0.0178. The first kappa shape index (κ1) is 25.4. The molecule has 1 atom stereocenters. The number of rotatable bonds is 6. The molecule has 0 spiro atoms. The van der Waals surface area contributed by atoms with Crippen LogP contribution < -0.4 is 25.2 Å². The Labute approximate surface area is 211 Å². The number of aryl methyl sites for hydroxylation is 1. The van der Waals surface area contributed by atoms with Gasteiger partial charge in [-0.1, -0.05) is 0 Å². The Balaban J connectivity index is 1.27. The summed E-state index contributed by atoms with van der Waals surface area (Å²) in [5.74, 6) is -2.09. The van der Waals surface area contributed by atoms with Gasteiger partial charge in [0.05, 0.1) is 25.0 Å². The lowest BCUT2D eigenvalue weighted by atomic mass is 10.0. The summed E-state index contributed by atoms with van der Waals surface area (Å²) in [5, 5.41) is 14.7. The van der Waals surface area contributed by atoms with E-state index in [9.17, 15) is 27.0 Å². The largest absolute Gasteiger partial charge is 0.477 e. The lowest BCUT2D eigenvalue weighted by Crippen LogP contribution is -2.45. The molecular formula is C22H28F3N7O4S. The molecule has 3 amide bonds. The zero-order chi connectivity index (χ0) is 26.5. The molecule has 0 radical (unpaired) electrons. The number of nitrogens with one attached hydrogen (secondary N) is 3. The van der Waals surface area contributed by atoms with Crippen molar-refractivity contribution in [2.45, 2.75) is 62.6 Å². The number of nitrogens with two attached hydrogens (primary N) is 1. The van der Waals surface area contributed by atoms with E-state index in [2.05, 4.69) is 15.1 Å². The van der Waals surface area contributed by atoms with Gasteiger partial charge in [-0.2, -0.15) is 18.3 Å². The number of urea groups is 1. The molecular weight excluding hydrogens is 515 g/mol. The monoisotopic (exact) mass is 543 g/mol. The molecule has 11 nitrogen and oxygen atoms in total. The Morgan fingerprint density at radius 2 is 2.05 bits per heavy atom. The van der Waals surface area contributed by atoms with Crippen LogP contribution in [0, 0.1) is 12.8 Å². The maximum atomic E-state index is 13.3. The van der Waals surface area contributed by atoms with Crippen LogP contribution in [0.25, 0.3) is 0 Å². The maximum Gasteiger partial charge on any atom is 0.471 e. The fourth-order valence-corrected chi connectivity index (χ4v) is 5.97. The van der Waals surface area contributed by atoms with E-state index in [0.717, 1.165) is 54.6 Å². The predicted molar refractivity (Wildman–Crippen MR) is 127 cm³/mol. The average molecular weight is 544 g/mol. The Bertz CT molecular complexity index is 1310. The van der Waals surface area contributed by atoms with Gasteiger partial charge in [0.1, 0.15) is 4.90 Å². The molecule has 37 heavy (non-hydrogen) atoms. The first-order valence-corrected chi connectivity index (χ1v) is 13.8. The third-order valence-electron chi connectivity index (χ3n) is 6.80. The smallest absolute Gasteiger partial charge is 0.471 e. The summed E-state index contributed by atoms with van der Waals surface area (Å²) in [6, 6.07) is -0.737. The number of halogens is 3. The van der Waals surface area contributed by atoms with Gasteiger partial charge >= 0.3 is 18.1 Å². The van der Waals surface area contributed by atoms with Crippen LogP contribution in [-0.2, 0) is 34.5 Å². The molecule has 1 saturated carbocycles. The first-order valence-electron chi connectivity index (χ1n) is 12.0. The van der Waals surface area contributed by atoms with Crippen LogP contribution in [0.2, 0.25) is 0 Å². The highest BCUT2D eigenvalue weighted by atomic mass is 32.3. The van der Waals surface area contributed by atoms with Gasteiger partial charge in [0, 0.05) is 40.1 Å². The van der Waals surface area contributed by atoms with Crippen molar-refractivity contribution < 1.29 is 31.7 Å². The van der Waals surface area contributed by atoms with Gasteiger partial charge in [-0.05, 0) is 50.2 Å². The number of carbonyl (C=O) groups excluding carboxylic acids is 2. The Morgan fingerprint density at radius 3 is 2.76 bits per heavy atom. The molecule has 5 rings (SSSR count). The number of nitrogens with zero attached hydrogens (tertiary/aromatic N) is 3. The number of hydrogen-bond donors (Lipinski definition) is 5. The molecule has 0 bridgehead atoms. The number of hydrogen-bond acceptors (Lipinski definition) is 6. The van der Waals surface area contributed by atoms with Gasteiger partial charge < -0.3 is 15.4 Å². The van der Waals surface area contributed by atoms with Gasteiger partial charge in [-0.3, -0.25) is 19.6 Å². The molecule has 2 aliphatic carbocycles. The summed E-state index contributed by atoms with van der Waals surface area (Å²) in [4.78, 5) is 28.8. The minimum Gasteiger partial charge on any atom is -0.477 e. The molecule has 1 fully saturated rings. The maximum absolute atomic E-state index is 13.3. The fourth-order valence-electron chi connectivity index (χ4n) is 4.81. The van der Waals surface area contributed by atoms with E-state index < -0.39 is 34.3 Å². The Hall–Kier alpha value is -3.20. The number of amides is 3. The van der Waals surface area contributed by atoms with E-state index in [0.29, 0.717) is 11.6 Å². The van der Waals surface area contributed by atoms with Crippen molar-refractivity contribution in [1.82, 2.24) is 24.8 Å². The number of carbonyl (C=O) groups is 2. The number of thiol groups is 1. The van der Waals surface area contributed by atoms with Gasteiger partial charge in [0.2, 0.25) is 5.88 Å². The number of anilines is 1. The van der Waals surface area contributed by atoms with Gasteiger partial charge in [-0.25, -0.2) is 13.7 Å². The van der Waals surface area contributed by atoms with E-state index in [-0.39, 0.29) is 30.5 Å². The number of fused-ring (bicyclic) bond motifs is 2. The van der Waals surface area contributed by atoms with Gasteiger partial charge in [0.15, 0.2) is 0 Å². The van der Waals surface area contributed by atoms with E-state index in [1.807, 2.05) is 12.2 Å². The van der Waals surface area contributed by atoms with Crippen LogP contribution in [0.5, 0.6) is 5.88 Å². The normalized spacial score (nSPS) is 19.4. The van der Waals surface area contributed by atoms with Crippen LogP contribution in [-0.4, -0.2) is 50.2 Å². The van der Waals surface area contributed by atoms with Crippen molar-refractivity contribution in [3.05, 3.63) is 28.7 Å². The van der Waals surface area contributed by atoms with Crippen molar-refractivity contribution >= 4 is 27.9 Å². The highest BCUT2D eigenvalue weighted by molar-refractivity contribution is 7.99. The third kappa shape index (κ3) is 5.14. The summed E-state index contributed by atoms with van der Waals surface area (Å²) in [5.41, 5.74) is 4.54. The Kier molecular flexibility index (Phi) is 6.38. The summed E-state index contributed by atoms with van der Waals surface area (Å²) in [6.07, 6.45) is 0.945. The predicted octanol–water partition coefficient (Wildman–Crippen LogP) is 1.63. The number of aromatic nitrogens is 3. The topological polar surface area (TPSA) is 153 Å². The van der Waals surface area contributed by atoms with Gasteiger partial charge in [-0.15, -0.1) is 0 Å². The van der Waals surface area contributed by atoms with E-state index in [1.165, 1.54) is 10.9 Å². The first-order chi connectivity index (χ1) is 17.4. The average Bonchev–Trinajstić information content (AvgIpc) is 3.39. The molecule has 3 heterocycles. The number of pyridine rings is 1. The standard InChI is InChI=1S/C22H28F3N7O4S/c1-11-17(13-5-6-13)29-15-4-2-3-14(15)18(11)30-21(34)31-37(26,35)16-8-28-32-9-12(10-36-19(16)32)7-27-20(33)22(23,24)25/h8,12-13,37H,2-7,9-10H2,1H3,(H,27,33)(H4,26,29,30,31,34,35). The van der Waals surface area contributed by atoms with Crippen molar-refractivity contribution in [2.75, 3.05) is 18.5 Å². The fraction of sp³-hybridized carbons (Fsp3) is 0.545. The second-order valence-electron chi connectivity index (χ2n) is 9.68. The van der Waals surface area contributed by atoms with Crippen LogP contribution >= 0.6 is 0 Å². The third-order valence-corrected chi connectivity index (χ3v) is 8.36. The molecule has 15 heteroatoms. The highest BCUT2D eigenvalue weighted by Gasteiger charge is 2.39. The van der Waals surface area contributed by atoms with E-state index in [1.54, 1.807) is 0 Å². The summed E-state index contributed by atoms with van der Waals surface area (Å²) in [7, 11) is -3.98. The molecule has 2 aromatic rings. The zero-order valence-corrected chi connectivity index (χ0v) is 20.9. The summed E-state index contributed by atoms with van der Waals surface area (Å²) >= 11 is 0. The van der Waals surface area contributed by atoms with Crippen LogP contribution in [0.4, 0.5) is 23.7 Å². The quantitative estimate of drug-likeness (QED) is 0.349. The highest BCUT2D eigenvalue weighted by Crippen LogP contribution is 2.44. The minimum atomic E-state index is -4.98. The molecule has 202 valence electrons. The molecule has 0 aromatic carbocycles. The lowest BCUT2D eigenvalue weighted by molar-refractivity contribution is -0.173. The molecule has 0 saturated heterocycles. The van der Waals surface area contributed by atoms with Crippen molar-refractivity contribution in [3.63, 3.8) is 0 Å². The van der Waals surface area contributed by atoms with Crippen molar-refractivity contribution in [2.24, 2.45) is 11.1 Å². The van der Waals surface area contributed by atoms with Gasteiger partial charge in [0.25, 0.3) is 0 Å². The second-order valence-corrected chi connectivity index (χ2v) is 11.7. The SMILES string of the molecule is Cc1c(C2CC2)nc2c(c1NC(=O)N[SH](N)(=O)c1cnn3c1OCC(CNC(=O)C(F)(F)F)C3)CCC2. The zero-order valence-electron chi connectivity index (χ0n) is 20.0. The van der Waals surface area contributed by atoms with Crippen molar-refractivity contribution in [1.29, 1.82) is 0 Å². The van der Waals surface area contributed by atoms with E-state index >= 15 is 0 Å². The number of ether oxygens (including phenoxy) is 1. The molecule has 5 N–H and O–H groups in total. The lowest BCUT2D eigenvalue weighted by Gasteiger charge is -2.27. The summed E-state index contributed by atoms with van der Waals surface area (Å²) < 4.78 is 59.8. The van der Waals surface area contributed by atoms with Crippen LogP contribution in [0.15, 0.2) is 11.1 Å². The number of alkyl halides is 3. The second kappa shape index (κ2) is 9.28. The molecule has 1 aliphatic heterocycles. The van der Waals surface area contributed by atoms with Crippen LogP contribution in [0.1, 0.15) is 47.7 Å². The molecule has 1 unspecified atom stereocenters. The van der Waals surface area contributed by atoms with E-state index in [4.69, 9.17) is 14.9 Å².